The molecular formula is C14H13N3O2S. The monoisotopic (exact) mass is 287 g/mol. The van der Waals surface area contributed by atoms with Gasteiger partial charge in [0.05, 0.1) is 17.6 Å². The second-order valence-corrected chi connectivity index (χ2v) is 5.54. The summed E-state index contributed by atoms with van der Waals surface area (Å²) in [6, 6.07) is 7.45. The van der Waals surface area contributed by atoms with E-state index in [0.29, 0.717) is 16.5 Å². The van der Waals surface area contributed by atoms with Crippen LogP contribution in [-0.4, -0.2) is 10.9 Å². The third-order valence-corrected chi connectivity index (χ3v) is 3.95. The molecule has 3 rings (SSSR count). The quantitative estimate of drug-likeness (QED) is 0.726. The number of fused-ring (bicyclic) bond motifs is 1. The predicted molar refractivity (Wildman–Crippen MR) is 78.6 cm³/mol. The number of aromatic nitrogens is 1. The van der Waals surface area contributed by atoms with E-state index in [0.717, 1.165) is 15.8 Å². The van der Waals surface area contributed by atoms with Gasteiger partial charge in [0, 0.05) is 10.4 Å². The van der Waals surface area contributed by atoms with Gasteiger partial charge in [-0.1, -0.05) is 0 Å². The minimum Gasteiger partial charge on any atom is -0.444 e. The number of nitrogens with zero attached hydrogens (tertiary/aromatic N) is 1. The molecule has 6 heteroatoms. The van der Waals surface area contributed by atoms with Crippen molar-refractivity contribution in [3.63, 3.8) is 0 Å². The lowest BCUT2D eigenvalue weighted by Gasteiger charge is -1.99. The topological polar surface area (TPSA) is 81.2 Å². The molecule has 0 aliphatic heterocycles. The van der Waals surface area contributed by atoms with Gasteiger partial charge >= 0.3 is 0 Å². The Balaban J connectivity index is 1.75. The van der Waals surface area contributed by atoms with Gasteiger partial charge in [0.15, 0.2) is 0 Å². The number of anilines is 1. The number of nitrogens with two attached hydrogens (primary N) is 1. The molecule has 3 N–H and O–H groups in total. The zero-order valence-corrected chi connectivity index (χ0v) is 11.7. The molecule has 102 valence electrons. The Labute approximate surface area is 119 Å². The summed E-state index contributed by atoms with van der Waals surface area (Å²) in [6.07, 6.45) is 1.63. The molecule has 0 spiro atoms. The van der Waals surface area contributed by atoms with Crippen LogP contribution in [0.4, 0.5) is 5.69 Å². The maximum atomic E-state index is 12.1. The van der Waals surface area contributed by atoms with Crippen molar-refractivity contribution in [2.45, 2.75) is 13.5 Å². The molecule has 2 aromatic heterocycles. The molecule has 0 fully saturated rings. The van der Waals surface area contributed by atoms with Crippen LogP contribution in [0.1, 0.15) is 21.3 Å². The summed E-state index contributed by atoms with van der Waals surface area (Å²) in [5.74, 6) is 1.09. The van der Waals surface area contributed by atoms with Crippen molar-refractivity contribution >= 4 is 33.0 Å². The Morgan fingerprint density at radius 2 is 2.30 bits per heavy atom. The fraction of sp³-hybridized carbons (Fsp3) is 0.143. The fourth-order valence-corrected chi connectivity index (χ4v) is 2.86. The lowest BCUT2D eigenvalue weighted by atomic mass is 10.2. The summed E-state index contributed by atoms with van der Waals surface area (Å²) >= 11 is 1.44. The van der Waals surface area contributed by atoms with Crippen molar-refractivity contribution < 1.29 is 9.21 Å². The van der Waals surface area contributed by atoms with Crippen LogP contribution < -0.4 is 11.1 Å². The van der Waals surface area contributed by atoms with Gasteiger partial charge in [0.25, 0.3) is 5.91 Å². The second-order valence-electron chi connectivity index (χ2n) is 4.46. The largest absolute Gasteiger partial charge is 0.444 e. The summed E-state index contributed by atoms with van der Waals surface area (Å²) in [4.78, 5) is 16.8. The molecule has 0 aliphatic rings. The highest BCUT2D eigenvalue weighted by Crippen LogP contribution is 2.27. The van der Waals surface area contributed by atoms with E-state index < -0.39 is 0 Å². The average Bonchev–Trinajstić information content (AvgIpc) is 3.01. The van der Waals surface area contributed by atoms with E-state index in [-0.39, 0.29) is 12.5 Å². The van der Waals surface area contributed by atoms with E-state index in [1.165, 1.54) is 11.3 Å². The molecular weight excluding hydrogens is 274 g/mol. The Morgan fingerprint density at radius 3 is 3.05 bits per heavy atom. The Kier molecular flexibility index (Phi) is 3.15. The normalized spacial score (nSPS) is 10.8. The van der Waals surface area contributed by atoms with E-state index in [1.54, 1.807) is 6.20 Å². The number of nitrogen functional groups attached to an aromatic ring is 1. The highest BCUT2D eigenvalue weighted by molar-refractivity contribution is 7.20. The van der Waals surface area contributed by atoms with Gasteiger partial charge in [-0.3, -0.25) is 4.79 Å². The van der Waals surface area contributed by atoms with E-state index in [1.807, 2.05) is 31.2 Å². The summed E-state index contributed by atoms with van der Waals surface area (Å²) in [5.41, 5.74) is 6.42. The molecule has 0 atom stereocenters. The number of thiophene rings is 1. The number of carbonyl (C=O) groups is 1. The number of benzene rings is 1. The molecule has 0 saturated carbocycles. The number of amides is 1. The first-order chi connectivity index (χ1) is 9.61. The zero-order valence-electron chi connectivity index (χ0n) is 10.8. The third-order valence-electron chi connectivity index (χ3n) is 2.83. The molecule has 0 aliphatic carbocycles. The molecule has 20 heavy (non-hydrogen) atoms. The lowest BCUT2D eigenvalue weighted by Crippen LogP contribution is -2.21. The van der Waals surface area contributed by atoms with Crippen LogP contribution in [0.15, 0.2) is 34.9 Å². The van der Waals surface area contributed by atoms with E-state index in [4.69, 9.17) is 10.2 Å². The van der Waals surface area contributed by atoms with Gasteiger partial charge in [-0.15, -0.1) is 11.3 Å². The smallest absolute Gasteiger partial charge is 0.261 e. The Morgan fingerprint density at radius 1 is 1.45 bits per heavy atom. The summed E-state index contributed by atoms with van der Waals surface area (Å²) in [5, 5.41) is 3.77. The minimum atomic E-state index is -0.138. The molecule has 3 aromatic rings. The van der Waals surface area contributed by atoms with E-state index >= 15 is 0 Å². The highest BCUT2D eigenvalue weighted by Gasteiger charge is 2.11. The lowest BCUT2D eigenvalue weighted by molar-refractivity contribution is 0.0951. The third kappa shape index (κ3) is 2.50. The number of oxazole rings is 1. The van der Waals surface area contributed by atoms with Gasteiger partial charge in [-0.25, -0.2) is 4.98 Å². The van der Waals surface area contributed by atoms with E-state index in [9.17, 15) is 4.79 Å². The van der Waals surface area contributed by atoms with Crippen LogP contribution in [0.25, 0.3) is 10.1 Å². The average molecular weight is 287 g/mol. The van der Waals surface area contributed by atoms with Crippen molar-refractivity contribution in [2.24, 2.45) is 0 Å². The van der Waals surface area contributed by atoms with Gasteiger partial charge in [0.1, 0.15) is 5.76 Å². The Bertz CT molecular complexity index is 776. The maximum Gasteiger partial charge on any atom is 0.261 e. The first kappa shape index (κ1) is 12.7. The first-order valence-corrected chi connectivity index (χ1v) is 6.92. The van der Waals surface area contributed by atoms with Crippen LogP contribution in [0.5, 0.6) is 0 Å². The van der Waals surface area contributed by atoms with Gasteiger partial charge < -0.3 is 15.5 Å². The minimum absolute atomic E-state index is 0.138. The van der Waals surface area contributed by atoms with Crippen LogP contribution in [0.2, 0.25) is 0 Å². The summed E-state index contributed by atoms with van der Waals surface area (Å²) in [6.45, 7) is 2.10. The van der Waals surface area contributed by atoms with Gasteiger partial charge in [0.2, 0.25) is 5.89 Å². The molecule has 0 unspecified atom stereocenters. The number of nitrogens with one attached hydrogen (secondary N) is 1. The van der Waals surface area contributed by atoms with Crippen molar-refractivity contribution in [3.05, 3.63) is 47.0 Å². The number of hydrogen-bond donors (Lipinski definition) is 2. The van der Waals surface area contributed by atoms with Crippen LogP contribution in [-0.2, 0) is 6.54 Å². The van der Waals surface area contributed by atoms with Crippen LogP contribution in [0, 0.1) is 6.92 Å². The van der Waals surface area contributed by atoms with Crippen molar-refractivity contribution in [1.29, 1.82) is 0 Å². The van der Waals surface area contributed by atoms with Crippen molar-refractivity contribution in [3.8, 4) is 0 Å². The van der Waals surface area contributed by atoms with Crippen LogP contribution >= 0.6 is 11.3 Å². The summed E-state index contributed by atoms with van der Waals surface area (Å²) in [7, 11) is 0. The second kappa shape index (κ2) is 4.97. The molecule has 0 saturated heterocycles. The SMILES string of the molecule is Cc1cnc(CNC(=O)c2cc3cc(N)ccc3s2)o1. The van der Waals surface area contributed by atoms with Crippen molar-refractivity contribution in [1.82, 2.24) is 10.3 Å². The fourth-order valence-electron chi connectivity index (χ4n) is 1.90. The van der Waals surface area contributed by atoms with Gasteiger partial charge in [-0.05, 0) is 36.6 Å². The number of rotatable bonds is 3. The first-order valence-electron chi connectivity index (χ1n) is 6.10. The molecule has 1 amide bonds. The number of carbonyl (C=O) groups excluding carboxylic acids is 1. The van der Waals surface area contributed by atoms with Crippen LogP contribution in [0.3, 0.4) is 0 Å². The molecule has 0 bridgehead atoms. The summed E-state index contributed by atoms with van der Waals surface area (Å²) < 4.78 is 6.34. The Hall–Kier alpha value is -2.34. The molecule has 0 radical (unpaired) electrons. The zero-order chi connectivity index (χ0) is 14.1. The molecule has 5 nitrogen and oxygen atoms in total. The molecule has 2 heterocycles. The van der Waals surface area contributed by atoms with E-state index in [2.05, 4.69) is 10.3 Å². The maximum absolute atomic E-state index is 12.1. The number of hydrogen-bond acceptors (Lipinski definition) is 5. The van der Waals surface area contributed by atoms with Crippen molar-refractivity contribution in [2.75, 3.05) is 5.73 Å². The number of aryl methyl sites for hydroxylation is 1. The van der Waals surface area contributed by atoms with Gasteiger partial charge in [-0.2, -0.15) is 0 Å². The highest BCUT2D eigenvalue weighted by atomic mass is 32.1. The predicted octanol–water partition coefficient (Wildman–Crippen LogP) is 2.71. The standard InChI is InChI=1S/C14H13N3O2S/c1-8-6-16-13(19-8)7-17-14(18)12-5-9-4-10(15)2-3-11(9)20-12/h2-6H,7,15H2,1H3,(H,17,18). The molecule has 1 aromatic carbocycles.